The van der Waals surface area contributed by atoms with E-state index in [4.69, 9.17) is 0 Å². The normalized spacial score (nSPS) is 9.81. The highest BCUT2D eigenvalue weighted by molar-refractivity contribution is 5.78. The van der Waals surface area contributed by atoms with Gasteiger partial charge < -0.3 is 10.6 Å². The number of amides is 1. The van der Waals surface area contributed by atoms with Crippen molar-refractivity contribution in [3.63, 3.8) is 0 Å². The monoisotopic (exact) mass is 218 g/mol. The lowest BCUT2D eigenvalue weighted by atomic mass is 10.1. The second-order valence-electron chi connectivity index (χ2n) is 3.62. The van der Waals surface area contributed by atoms with Gasteiger partial charge in [-0.25, -0.2) is 0 Å². The largest absolute Gasteiger partial charge is 0.351 e. The summed E-state index contributed by atoms with van der Waals surface area (Å²) in [5.41, 5.74) is 2.35. The molecule has 86 valence electrons. The van der Waals surface area contributed by atoms with E-state index in [1.165, 1.54) is 5.56 Å². The number of rotatable bonds is 6. The number of carbonyl (C=O) groups excluding carboxylic acids is 1. The Kier molecular flexibility index (Phi) is 5.29. The van der Waals surface area contributed by atoms with E-state index in [1.807, 2.05) is 31.2 Å². The molecule has 0 aromatic heterocycles. The number of aryl methyl sites for hydroxylation is 1. The lowest BCUT2D eigenvalue weighted by molar-refractivity contribution is -0.120. The first kappa shape index (κ1) is 12.5. The predicted molar refractivity (Wildman–Crippen MR) is 66.1 cm³/mol. The predicted octanol–water partition coefficient (Wildman–Crippen LogP) is 1.39. The van der Waals surface area contributed by atoms with E-state index in [-0.39, 0.29) is 5.91 Å². The van der Waals surface area contributed by atoms with Crippen molar-refractivity contribution >= 4 is 5.91 Å². The molecule has 0 unspecified atom stereocenters. The summed E-state index contributed by atoms with van der Waals surface area (Å²) in [6.07, 6.45) is 1.73. The van der Waals surface area contributed by atoms with Crippen LogP contribution in [-0.2, 0) is 11.3 Å². The highest BCUT2D eigenvalue weighted by atomic mass is 16.1. The van der Waals surface area contributed by atoms with Gasteiger partial charge in [0, 0.05) is 13.1 Å². The summed E-state index contributed by atoms with van der Waals surface area (Å²) in [5, 5.41) is 5.82. The highest BCUT2D eigenvalue weighted by Crippen LogP contribution is 2.05. The molecule has 0 spiro atoms. The summed E-state index contributed by atoms with van der Waals surface area (Å²) < 4.78 is 0. The molecule has 0 bridgehead atoms. The minimum absolute atomic E-state index is 0.00473. The van der Waals surface area contributed by atoms with Gasteiger partial charge in [-0.3, -0.25) is 4.79 Å². The van der Waals surface area contributed by atoms with Crippen LogP contribution in [-0.4, -0.2) is 19.0 Å². The second-order valence-corrected chi connectivity index (χ2v) is 3.62. The molecule has 0 radical (unpaired) electrons. The van der Waals surface area contributed by atoms with Gasteiger partial charge in [0.1, 0.15) is 0 Å². The summed E-state index contributed by atoms with van der Waals surface area (Å²) >= 11 is 0. The molecule has 1 rings (SSSR count). The van der Waals surface area contributed by atoms with Crippen molar-refractivity contribution in [2.24, 2.45) is 0 Å². The molecule has 0 heterocycles. The van der Waals surface area contributed by atoms with Gasteiger partial charge in [0.25, 0.3) is 0 Å². The zero-order valence-electron chi connectivity index (χ0n) is 9.62. The van der Waals surface area contributed by atoms with Gasteiger partial charge in [-0.05, 0) is 18.1 Å². The van der Waals surface area contributed by atoms with Gasteiger partial charge in [0.2, 0.25) is 5.91 Å². The smallest absolute Gasteiger partial charge is 0.234 e. The number of carbonyl (C=O) groups is 1. The highest BCUT2D eigenvalue weighted by Gasteiger charge is 2.01. The minimum atomic E-state index is 0.00473. The van der Waals surface area contributed by atoms with Crippen LogP contribution in [0.4, 0.5) is 0 Å². The Morgan fingerprint density at radius 1 is 1.44 bits per heavy atom. The van der Waals surface area contributed by atoms with Crippen LogP contribution >= 0.6 is 0 Å². The van der Waals surface area contributed by atoms with Crippen molar-refractivity contribution < 1.29 is 4.79 Å². The van der Waals surface area contributed by atoms with Crippen molar-refractivity contribution in [3.8, 4) is 0 Å². The van der Waals surface area contributed by atoms with Crippen molar-refractivity contribution in [2.45, 2.75) is 13.5 Å². The Hall–Kier alpha value is -1.61. The number of benzene rings is 1. The van der Waals surface area contributed by atoms with Crippen molar-refractivity contribution in [2.75, 3.05) is 13.1 Å². The molecule has 1 aromatic rings. The van der Waals surface area contributed by atoms with E-state index in [0.29, 0.717) is 19.6 Å². The lowest BCUT2D eigenvalue weighted by Gasteiger charge is -2.07. The zero-order chi connectivity index (χ0) is 11.8. The molecular formula is C13H18N2O. The number of hydrogen-bond acceptors (Lipinski definition) is 2. The molecule has 0 saturated carbocycles. The number of nitrogens with one attached hydrogen (secondary N) is 2. The van der Waals surface area contributed by atoms with E-state index in [2.05, 4.69) is 17.2 Å². The third-order valence-electron chi connectivity index (χ3n) is 2.31. The van der Waals surface area contributed by atoms with Crippen molar-refractivity contribution in [3.05, 3.63) is 48.0 Å². The maximum absolute atomic E-state index is 11.4. The topological polar surface area (TPSA) is 41.1 Å². The first-order chi connectivity index (χ1) is 7.74. The molecule has 2 N–H and O–H groups in total. The second kappa shape index (κ2) is 6.80. The fraction of sp³-hybridized carbons (Fsp3) is 0.308. The Bertz CT molecular complexity index is 361. The zero-order valence-corrected chi connectivity index (χ0v) is 9.62. The van der Waals surface area contributed by atoms with E-state index in [1.54, 1.807) is 6.08 Å². The van der Waals surface area contributed by atoms with E-state index < -0.39 is 0 Å². The molecular weight excluding hydrogens is 200 g/mol. The summed E-state index contributed by atoms with van der Waals surface area (Å²) in [5.74, 6) is 0.00473. The number of hydrogen-bond donors (Lipinski definition) is 2. The standard InChI is InChI=1S/C13H18N2O/c1-3-8-14-10-13(16)15-9-12-7-5-4-6-11(12)2/h3-7,14H,1,8-10H2,2H3,(H,15,16). The van der Waals surface area contributed by atoms with Crippen LogP contribution in [0, 0.1) is 6.92 Å². The molecule has 1 aromatic carbocycles. The first-order valence-electron chi connectivity index (χ1n) is 5.37. The Balaban J connectivity index is 2.31. The van der Waals surface area contributed by atoms with Crippen LogP contribution in [0.5, 0.6) is 0 Å². The maximum atomic E-state index is 11.4. The fourth-order valence-electron chi connectivity index (χ4n) is 1.35. The molecule has 1 amide bonds. The van der Waals surface area contributed by atoms with Gasteiger partial charge >= 0.3 is 0 Å². The summed E-state index contributed by atoms with van der Waals surface area (Å²) in [6.45, 7) is 7.17. The van der Waals surface area contributed by atoms with Crippen LogP contribution in [0.1, 0.15) is 11.1 Å². The molecule has 0 atom stereocenters. The van der Waals surface area contributed by atoms with Crippen LogP contribution in [0.2, 0.25) is 0 Å². The Morgan fingerprint density at radius 3 is 2.88 bits per heavy atom. The molecule has 3 nitrogen and oxygen atoms in total. The molecule has 0 saturated heterocycles. The third kappa shape index (κ3) is 4.28. The van der Waals surface area contributed by atoms with Crippen LogP contribution in [0.25, 0.3) is 0 Å². The van der Waals surface area contributed by atoms with Gasteiger partial charge in [0.05, 0.1) is 6.54 Å². The molecule has 0 fully saturated rings. The van der Waals surface area contributed by atoms with E-state index in [0.717, 1.165) is 5.56 Å². The van der Waals surface area contributed by atoms with Crippen molar-refractivity contribution in [1.82, 2.24) is 10.6 Å². The van der Waals surface area contributed by atoms with Gasteiger partial charge in [-0.2, -0.15) is 0 Å². The van der Waals surface area contributed by atoms with Gasteiger partial charge in [-0.1, -0.05) is 30.3 Å². The minimum Gasteiger partial charge on any atom is -0.351 e. The Labute approximate surface area is 96.6 Å². The molecule has 3 heteroatoms. The van der Waals surface area contributed by atoms with Crippen molar-refractivity contribution in [1.29, 1.82) is 0 Å². The lowest BCUT2D eigenvalue weighted by Crippen LogP contribution is -2.33. The van der Waals surface area contributed by atoms with E-state index in [9.17, 15) is 4.79 Å². The summed E-state index contributed by atoms with van der Waals surface area (Å²) in [6, 6.07) is 8.03. The van der Waals surface area contributed by atoms with Gasteiger partial charge in [0.15, 0.2) is 0 Å². The van der Waals surface area contributed by atoms with Crippen LogP contribution < -0.4 is 10.6 Å². The summed E-state index contributed by atoms with van der Waals surface area (Å²) in [7, 11) is 0. The van der Waals surface area contributed by atoms with Crippen LogP contribution in [0.15, 0.2) is 36.9 Å². The van der Waals surface area contributed by atoms with E-state index >= 15 is 0 Å². The molecule has 16 heavy (non-hydrogen) atoms. The average molecular weight is 218 g/mol. The van der Waals surface area contributed by atoms with Gasteiger partial charge in [-0.15, -0.1) is 6.58 Å². The molecule has 0 aliphatic carbocycles. The fourth-order valence-corrected chi connectivity index (χ4v) is 1.35. The third-order valence-corrected chi connectivity index (χ3v) is 2.31. The Morgan fingerprint density at radius 2 is 2.19 bits per heavy atom. The summed E-state index contributed by atoms with van der Waals surface area (Å²) in [4.78, 5) is 11.4. The first-order valence-corrected chi connectivity index (χ1v) is 5.37. The average Bonchev–Trinajstić information content (AvgIpc) is 2.28. The maximum Gasteiger partial charge on any atom is 0.234 e. The van der Waals surface area contributed by atoms with Crippen LogP contribution in [0.3, 0.4) is 0 Å². The SMILES string of the molecule is C=CCNCC(=O)NCc1ccccc1C. The quantitative estimate of drug-likeness (QED) is 0.559. The molecule has 0 aliphatic rings. The molecule has 0 aliphatic heterocycles.